The molecular weight excluding hydrogens is 272 g/mol. The van der Waals surface area contributed by atoms with Crippen LogP contribution >= 0.6 is 0 Å². The molecule has 0 amide bonds. The second-order valence-electron chi connectivity index (χ2n) is 5.73. The van der Waals surface area contributed by atoms with E-state index in [1.54, 1.807) is 23.4 Å². The van der Waals surface area contributed by atoms with Crippen molar-refractivity contribution in [3.8, 4) is 0 Å². The summed E-state index contributed by atoms with van der Waals surface area (Å²) in [6.07, 6.45) is 3.17. The molecule has 1 unspecified atom stereocenters. The van der Waals surface area contributed by atoms with Gasteiger partial charge in [0.15, 0.2) is 0 Å². The smallest absolute Gasteiger partial charge is 0.243 e. The van der Waals surface area contributed by atoms with Gasteiger partial charge in [0.05, 0.1) is 4.90 Å². The van der Waals surface area contributed by atoms with E-state index in [1.165, 1.54) is 0 Å². The van der Waals surface area contributed by atoms with Crippen LogP contribution in [0.25, 0.3) is 0 Å². The van der Waals surface area contributed by atoms with Crippen LogP contribution in [0, 0.1) is 19.8 Å². The van der Waals surface area contributed by atoms with Crippen molar-refractivity contribution in [3.05, 3.63) is 23.3 Å². The molecule has 1 heterocycles. The molecule has 0 aromatic heterocycles. The SMILES string of the molecule is CCCC1CCN(S(=O)(=O)c2c(C)ccc(N)c2C)C1. The molecule has 1 fully saturated rings. The van der Waals surface area contributed by atoms with Crippen LogP contribution < -0.4 is 5.73 Å². The summed E-state index contributed by atoms with van der Waals surface area (Å²) in [6.45, 7) is 7.03. The maximum Gasteiger partial charge on any atom is 0.243 e. The Labute approximate surface area is 122 Å². The number of benzene rings is 1. The molecule has 1 saturated heterocycles. The summed E-state index contributed by atoms with van der Waals surface area (Å²) >= 11 is 0. The first-order valence-electron chi connectivity index (χ1n) is 7.23. The van der Waals surface area contributed by atoms with Gasteiger partial charge in [0.25, 0.3) is 0 Å². The lowest BCUT2D eigenvalue weighted by Crippen LogP contribution is -2.30. The first-order chi connectivity index (χ1) is 9.37. The molecule has 2 N–H and O–H groups in total. The van der Waals surface area contributed by atoms with Crippen LogP contribution in [-0.4, -0.2) is 25.8 Å². The highest BCUT2D eigenvalue weighted by Gasteiger charge is 2.34. The lowest BCUT2D eigenvalue weighted by Gasteiger charge is -2.20. The van der Waals surface area contributed by atoms with E-state index in [2.05, 4.69) is 6.92 Å². The number of aryl methyl sites for hydroxylation is 1. The first-order valence-corrected chi connectivity index (χ1v) is 8.67. The van der Waals surface area contributed by atoms with Gasteiger partial charge in [-0.15, -0.1) is 0 Å². The van der Waals surface area contributed by atoms with E-state index in [4.69, 9.17) is 5.73 Å². The zero-order chi connectivity index (χ0) is 14.9. The van der Waals surface area contributed by atoms with Crippen LogP contribution in [0.3, 0.4) is 0 Å². The topological polar surface area (TPSA) is 63.4 Å². The molecule has 0 aliphatic carbocycles. The van der Waals surface area contributed by atoms with Gasteiger partial charge < -0.3 is 5.73 Å². The predicted octanol–water partition coefficient (Wildman–Crippen LogP) is 2.70. The minimum Gasteiger partial charge on any atom is -0.398 e. The quantitative estimate of drug-likeness (QED) is 0.869. The Kier molecular flexibility index (Phi) is 4.39. The predicted molar refractivity (Wildman–Crippen MR) is 82.1 cm³/mol. The highest BCUT2D eigenvalue weighted by Crippen LogP contribution is 2.31. The van der Waals surface area contributed by atoms with Gasteiger partial charge in [-0.1, -0.05) is 19.4 Å². The molecule has 0 spiro atoms. The minimum absolute atomic E-state index is 0.398. The number of hydrogen-bond donors (Lipinski definition) is 1. The van der Waals surface area contributed by atoms with Gasteiger partial charge in [0.2, 0.25) is 10.0 Å². The fourth-order valence-corrected chi connectivity index (χ4v) is 5.02. The van der Waals surface area contributed by atoms with Crippen LogP contribution in [0.15, 0.2) is 17.0 Å². The van der Waals surface area contributed by atoms with Gasteiger partial charge in [0, 0.05) is 18.8 Å². The largest absolute Gasteiger partial charge is 0.398 e. The van der Waals surface area contributed by atoms with E-state index in [0.717, 1.165) is 24.8 Å². The average Bonchev–Trinajstić information content (AvgIpc) is 2.84. The molecule has 112 valence electrons. The molecule has 0 bridgehead atoms. The monoisotopic (exact) mass is 296 g/mol. The van der Waals surface area contributed by atoms with Gasteiger partial charge in [0.1, 0.15) is 0 Å². The standard InChI is InChI=1S/C15H24N2O2S/c1-4-5-13-8-9-17(10-13)20(18,19)15-11(2)6-7-14(16)12(15)3/h6-7,13H,4-5,8-10,16H2,1-3H3. The Morgan fingerprint density at radius 2 is 2.05 bits per heavy atom. The first kappa shape index (κ1) is 15.3. The lowest BCUT2D eigenvalue weighted by molar-refractivity contribution is 0.444. The van der Waals surface area contributed by atoms with Crippen LogP contribution in [-0.2, 0) is 10.0 Å². The summed E-state index contributed by atoms with van der Waals surface area (Å²) in [5.74, 6) is 0.497. The van der Waals surface area contributed by atoms with E-state index in [1.807, 2.05) is 6.92 Å². The fourth-order valence-electron chi connectivity index (χ4n) is 3.03. The molecule has 1 aliphatic heterocycles. The summed E-state index contributed by atoms with van der Waals surface area (Å²) in [4.78, 5) is 0.398. The van der Waals surface area contributed by atoms with Crippen LogP contribution in [0.5, 0.6) is 0 Å². The number of nitrogen functional groups attached to an aromatic ring is 1. The third kappa shape index (κ3) is 2.69. The molecule has 1 aromatic rings. The van der Waals surface area contributed by atoms with Gasteiger partial charge in [-0.3, -0.25) is 0 Å². The molecule has 1 aromatic carbocycles. The van der Waals surface area contributed by atoms with E-state index in [0.29, 0.717) is 35.2 Å². The van der Waals surface area contributed by atoms with Gasteiger partial charge in [-0.05, 0) is 49.8 Å². The molecule has 0 radical (unpaired) electrons. The van der Waals surface area contributed by atoms with E-state index < -0.39 is 10.0 Å². The summed E-state index contributed by atoms with van der Waals surface area (Å²) in [7, 11) is -3.42. The van der Waals surface area contributed by atoms with Crippen LogP contribution in [0.2, 0.25) is 0 Å². The highest BCUT2D eigenvalue weighted by atomic mass is 32.2. The molecule has 2 rings (SSSR count). The number of anilines is 1. The number of nitrogens with zero attached hydrogens (tertiary/aromatic N) is 1. The Morgan fingerprint density at radius 1 is 1.35 bits per heavy atom. The van der Waals surface area contributed by atoms with Gasteiger partial charge >= 0.3 is 0 Å². The average molecular weight is 296 g/mol. The number of sulfonamides is 1. The lowest BCUT2D eigenvalue weighted by atomic mass is 10.0. The molecule has 4 nitrogen and oxygen atoms in total. The van der Waals surface area contributed by atoms with Crippen molar-refractivity contribution in [2.24, 2.45) is 5.92 Å². The summed E-state index contributed by atoms with van der Waals surface area (Å²) in [6, 6.07) is 3.56. The minimum atomic E-state index is -3.42. The van der Waals surface area contributed by atoms with Crippen molar-refractivity contribution < 1.29 is 8.42 Å². The fraction of sp³-hybridized carbons (Fsp3) is 0.600. The second kappa shape index (κ2) is 5.74. The number of hydrogen-bond acceptors (Lipinski definition) is 3. The van der Waals surface area contributed by atoms with Crippen LogP contribution in [0.1, 0.15) is 37.3 Å². The molecule has 5 heteroatoms. The van der Waals surface area contributed by atoms with Crippen molar-refractivity contribution in [3.63, 3.8) is 0 Å². The molecule has 0 saturated carbocycles. The van der Waals surface area contributed by atoms with Crippen LogP contribution in [0.4, 0.5) is 5.69 Å². The summed E-state index contributed by atoms with van der Waals surface area (Å²) in [5.41, 5.74) is 7.86. The van der Waals surface area contributed by atoms with Crippen molar-refractivity contribution in [1.82, 2.24) is 4.31 Å². The summed E-state index contributed by atoms with van der Waals surface area (Å²) < 4.78 is 27.3. The Hall–Kier alpha value is -1.07. The molecule has 20 heavy (non-hydrogen) atoms. The van der Waals surface area contributed by atoms with E-state index in [-0.39, 0.29) is 0 Å². The zero-order valence-corrected chi connectivity index (χ0v) is 13.3. The van der Waals surface area contributed by atoms with E-state index in [9.17, 15) is 8.42 Å². The van der Waals surface area contributed by atoms with Crippen molar-refractivity contribution in [2.45, 2.75) is 44.9 Å². The number of nitrogens with two attached hydrogens (primary N) is 1. The highest BCUT2D eigenvalue weighted by molar-refractivity contribution is 7.89. The van der Waals surface area contributed by atoms with Gasteiger partial charge in [-0.2, -0.15) is 4.31 Å². The molecular formula is C15H24N2O2S. The van der Waals surface area contributed by atoms with E-state index >= 15 is 0 Å². The van der Waals surface area contributed by atoms with Crippen molar-refractivity contribution in [1.29, 1.82) is 0 Å². The zero-order valence-electron chi connectivity index (χ0n) is 12.5. The van der Waals surface area contributed by atoms with Gasteiger partial charge in [-0.25, -0.2) is 8.42 Å². The third-order valence-corrected chi connectivity index (χ3v) is 6.34. The number of rotatable bonds is 4. The summed E-state index contributed by atoms with van der Waals surface area (Å²) in [5, 5.41) is 0. The Morgan fingerprint density at radius 3 is 2.70 bits per heavy atom. The Balaban J connectivity index is 2.35. The maximum absolute atomic E-state index is 12.8. The third-order valence-electron chi connectivity index (χ3n) is 4.19. The normalized spacial score (nSPS) is 20.4. The molecule has 1 atom stereocenters. The molecule has 1 aliphatic rings. The van der Waals surface area contributed by atoms with Crippen molar-refractivity contribution >= 4 is 15.7 Å². The maximum atomic E-state index is 12.8. The second-order valence-corrected chi connectivity index (χ2v) is 7.61. The Bertz CT molecular complexity index is 596. The van der Waals surface area contributed by atoms with Crippen molar-refractivity contribution in [2.75, 3.05) is 18.8 Å².